The summed E-state index contributed by atoms with van der Waals surface area (Å²) in [6.07, 6.45) is 6.14. The Hall–Kier alpha value is -1.83. The molecule has 0 spiro atoms. The van der Waals surface area contributed by atoms with Crippen molar-refractivity contribution in [2.75, 3.05) is 0 Å². The second-order valence-electron chi connectivity index (χ2n) is 4.27. The zero-order chi connectivity index (χ0) is 12.1. The lowest BCUT2D eigenvalue weighted by Gasteiger charge is -2.01. The topological polar surface area (TPSA) is 17.8 Å². The van der Waals surface area contributed by atoms with Crippen LogP contribution in [0.3, 0.4) is 0 Å². The van der Waals surface area contributed by atoms with Crippen LogP contribution in [0.1, 0.15) is 30.9 Å². The van der Waals surface area contributed by atoms with E-state index in [1.54, 1.807) is 0 Å². The summed E-state index contributed by atoms with van der Waals surface area (Å²) in [5, 5.41) is 4.37. The molecule has 0 saturated heterocycles. The second kappa shape index (κ2) is 5.48. The summed E-state index contributed by atoms with van der Waals surface area (Å²) < 4.78 is 1.96. The van der Waals surface area contributed by atoms with Crippen molar-refractivity contribution in [3.05, 3.63) is 60.4 Å². The van der Waals surface area contributed by atoms with Crippen LogP contribution in [-0.2, 0) is 6.54 Å². The molecule has 17 heavy (non-hydrogen) atoms. The molecule has 0 N–H and O–H groups in total. The molecule has 0 aliphatic heterocycles. The molecule has 88 valence electrons. The molecule has 0 atom stereocenters. The van der Waals surface area contributed by atoms with Crippen LogP contribution in [0.2, 0.25) is 0 Å². The molecule has 0 bridgehead atoms. The van der Waals surface area contributed by atoms with Crippen molar-refractivity contribution >= 4 is 5.57 Å². The van der Waals surface area contributed by atoms with Gasteiger partial charge in [-0.05, 0) is 17.6 Å². The van der Waals surface area contributed by atoms with Crippen LogP contribution in [0.4, 0.5) is 0 Å². The van der Waals surface area contributed by atoms with Crippen molar-refractivity contribution in [2.24, 2.45) is 0 Å². The van der Waals surface area contributed by atoms with Crippen molar-refractivity contribution in [2.45, 2.75) is 26.3 Å². The summed E-state index contributed by atoms with van der Waals surface area (Å²) in [6, 6.07) is 10.4. The van der Waals surface area contributed by atoms with E-state index >= 15 is 0 Å². The van der Waals surface area contributed by atoms with Gasteiger partial charge in [-0.15, -0.1) is 0 Å². The van der Waals surface area contributed by atoms with E-state index in [9.17, 15) is 0 Å². The van der Waals surface area contributed by atoms with Crippen LogP contribution in [0.25, 0.3) is 5.57 Å². The number of rotatable bonds is 5. The molecule has 0 unspecified atom stereocenters. The monoisotopic (exact) mass is 226 g/mol. The predicted octanol–water partition coefficient (Wildman–Crippen LogP) is 3.74. The molecule has 2 rings (SSSR count). The molecule has 2 aromatic rings. The van der Waals surface area contributed by atoms with Gasteiger partial charge in [-0.25, -0.2) is 0 Å². The molecule has 2 heteroatoms. The summed E-state index contributed by atoms with van der Waals surface area (Å²) in [5.41, 5.74) is 3.60. The van der Waals surface area contributed by atoms with Crippen LogP contribution in [0.5, 0.6) is 0 Å². The standard InChI is InChI=1S/C15H18N2/c1-3-7-13(2)15-10-16-17(12-15)11-14-8-5-4-6-9-14/h4-6,8-10,12H,2-3,7,11H2,1H3. The molecular formula is C15H18N2. The van der Waals surface area contributed by atoms with Crippen molar-refractivity contribution in [1.82, 2.24) is 9.78 Å². The van der Waals surface area contributed by atoms with Crippen molar-refractivity contribution in [3.8, 4) is 0 Å². The van der Waals surface area contributed by atoms with E-state index in [1.807, 2.05) is 16.9 Å². The van der Waals surface area contributed by atoms with Crippen LogP contribution in [0, 0.1) is 0 Å². The highest BCUT2D eigenvalue weighted by atomic mass is 15.3. The summed E-state index contributed by atoms with van der Waals surface area (Å²) >= 11 is 0. The Morgan fingerprint density at radius 2 is 2.06 bits per heavy atom. The van der Waals surface area contributed by atoms with E-state index in [4.69, 9.17) is 0 Å². The fraction of sp³-hybridized carbons (Fsp3) is 0.267. The third-order valence-electron chi connectivity index (χ3n) is 2.78. The van der Waals surface area contributed by atoms with Crippen molar-refractivity contribution in [1.29, 1.82) is 0 Å². The lowest BCUT2D eigenvalue weighted by molar-refractivity contribution is 0.687. The first-order valence-electron chi connectivity index (χ1n) is 6.04. The van der Waals surface area contributed by atoms with Crippen LogP contribution >= 0.6 is 0 Å². The second-order valence-corrected chi connectivity index (χ2v) is 4.27. The third-order valence-corrected chi connectivity index (χ3v) is 2.78. The largest absolute Gasteiger partial charge is 0.268 e. The number of aromatic nitrogens is 2. The Bertz CT molecular complexity index is 483. The lowest BCUT2D eigenvalue weighted by atomic mass is 10.1. The molecule has 2 nitrogen and oxygen atoms in total. The summed E-state index contributed by atoms with van der Waals surface area (Å²) in [4.78, 5) is 0. The molecule has 0 saturated carbocycles. The van der Waals surface area contributed by atoms with Gasteiger partial charge >= 0.3 is 0 Å². The minimum atomic E-state index is 0.820. The fourth-order valence-electron chi connectivity index (χ4n) is 1.85. The van der Waals surface area contributed by atoms with Gasteiger partial charge in [0.25, 0.3) is 0 Å². The first-order valence-corrected chi connectivity index (χ1v) is 6.04. The van der Waals surface area contributed by atoms with E-state index in [2.05, 4.69) is 49.1 Å². The minimum Gasteiger partial charge on any atom is -0.268 e. The van der Waals surface area contributed by atoms with Gasteiger partial charge in [0, 0.05) is 11.8 Å². The number of allylic oxidation sites excluding steroid dienone is 1. The van der Waals surface area contributed by atoms with Crippen molar-refractivity contribution < 1.29 is 0 Å². The van der Waals surface area contributed by atoms with E-state index in [0.717, 1.165) is 24.9 Å². The number of hydrogen-bond donors (Lipinski definition) is 0. The predicted molar refractivity (Wildman–Crippen MR) is 71.7 cm³/mol. The van der Waals surface area contributed by atoms with Gasteiger partial charge in [0.2, 0.25) is 0 Å². The maximum atomic E-state index is 4.37. The molecule has 0 radical (unpaired) electrons. The average Bonchev–Trinajstić information content (AvgIpc) is 2.79. The average molecular weight is 226 g/mol. The highest BCUT2D eigenvalue weighted by molar-refractivity contribution is 5.61. The van der Waals surface area contributed by atoms with Crippen LogP contribution in [0.15, 0.2) is 49.3 Å². The van der Waals surface area contributed by atoms with E-state index in [-0.39, 0.29) is 0 Å². The lowest BCUT2D eigenvalue weighted by Crippen LogP contribution is -1.99. The minimum absolute atomic E-state index is 0.820. The molecule has 0 amide bonds. The first kappa shape index (κ1) is 11.6. The SMILES string of the molecule is C=C(CCC)c1cnn(Cc2ccccc2)c1. The fourth-order valence-corrected chi connectivity index (χ4v) is 1.85. The Kier molecular flexibility index (Phi) is 3.76. The molecule has 0 fully saturated rings. The highest BCUT2D eigenvalue weighted by Crippen LogP contribution is 2.17. The van der Waals surface area contributed by atoms with E-state index in [1.165, 1.54) is 11.1 Å². The highest BCUT2D eigenvalue weighted by Gasteiger charge is 2.02. The van der Waals surface area contributed by atoms with Gasteiger partial charge in [0.15, 0.2) is 0 Å². The Balaban J connectivity index is 2.06. The molecule has 0 aliphatic rings. The molecule has 1 aromatic heterocycles. The maximum Gasteiger partial charge on any atom is 0.0659 e. The number of hydrogen-bond acceptors (Lipinski definition) is 1. The Labute approximate surface area is 103 Å². The molecule has 0 aliphatic carbocycles. The zero-order valence-corrected chi connectivity index (χ0v) is 10.3. The summed E-state index contributed by atoms with van der Waals surface area (Å²) in [6.45, 7) is 7.07. The first-order chi connectivity index (χ1) is 8.29. The van der Waals surface area contributed by atoms with Crippen LogP contribution in [-0.4, -0.2) is 9.78 Å². The molecule has 1 aromatic carbocycles. The van der Waals surface area contributed by atoms with Gasteiger partial charge in [-0.3, -0.25) is 4.68 Å². The molecular weight excluding hydrogens is 208 g/mol. The van der Waals surface area contributed by atoms with E-state index < -0.39 is 0 Å². The zero-order valence-electron chi connectivity index (χ0n) is 10.3. The quantitative estimate of drug-likeness (QED) is 0.759. The summed E-state index contributed by atoms with van der Waals surface area (Å²) in [7, 11) is 0. The van der Waals surface area contributed by atoms with Gasteiger partial charge in [-0.1, -0.05) is 50.3 Å². The van der Waals surface area contributed by atoms with E-state index in [0.29, 0.717) is 0 Å². The smallest absolute Gasteiger partial charge is 0.0659 e. The normalized spacial score (nSPS) is 10.4. The number of benzene rings is 1. The third kappa shape index (κ3) is 3.06. The molecule has 1 heterocycles. The van der Waals surface area contributed by atoms with Crippen molar-refractivity contribution in [3.63, 3.8) is 0 Å². The number of nitrogens with zero attached hydrogens (tertiary/aromatic N) is 2. The van der Waals surface area contributed by atoms with Gasteiger partial charge in [0.05, 0.1) is 12.7 Å². The maximum absolute atomic E-state index is 4.37. The van der Waals surface area contributed by atoms with Crippen LogP contribution < -0.4 is 0 Å². The van der Waals surface area contributed by atoms with Gasteiger partial charge in [-0.2, -0.15) is 5.10 Å². The van der Waals surface area contributed by atoms with Gasteiger partial charge < -0.3 is 0 Å². The van der Waals surface area contributed by atoms with Gasteiger partial charge in [0.1, 0.15) is 0 Å². The Morgan fingerprint density at radius 1 is 1.29 bits per heavy atom. The Morgan fingerprint density at radius 3 is 2.76 bits per heavy atom. The summed E-state index contributed by atoms with van der Waals surface area (Å²) in [5.74, 6) is 0.